The molecule has 2 N–H and O–H groups in total. The summed E-state index contributed by atoms with van der Waals surface area (Å²) < 4.78 is 42.4. The number of aromatic nitrogens is 2. The van der Waals surface area contributed by atoms with Gasteiger partial charge in [0.25, 0.3) is 0 Å². The van der Waals surface area contributed by atoms with E-state index in [1.165, 1.54) is 12.1 Å². The molecule has 96 valence electrons. The van der Waals surface area contributed by atoms with Crippen molar-refractivity contribution in [2.45, 2.75) is 6.18 Å². The van der Waals surface area contributed by atoms with E-state index in [9.17, 15) is 18.0 Å². The number of H-pyrrole nitrogens is 1. The number of carbonyl (C=O) groups excluding carboxylic acids is 1. The fourth-order valence-corrected chi connectivity index (χ4v) is 1.47. The van der Waals surface area contributed by atoms with E-state index in [4.69, 9.17) is 0 Å². The predicted molar refractivity (Wildman–Crippen MR) is 57.1 cm³/mol. The Morgan fingerprint density at radius 1 is 1.44 bits per heavy atom. The van der Waals surface area contributed by atoms with Gasteiger partial charge in [0, 0.05) is 0 Å². The van der Waals surface area contributed by atoms with Crippen molar-refractivity contribution in [3.63, 3.8) is 0 Å². The van der Waals surface area contributed by atoms with Crippen LogP contribution in [0.3, 0.4) is 0 Å². The molecule has 0 atom stereocenters. The number of imidazole rings is 1. The maximum atomic E-state index is 12.7. The number of rotatable bonds is 1. The van der Waals surface area contributed by atoms with E-state index < -0.39 is 17.8 Å². The van der Waals surface area contributed by atoms with Gasteiger partial charge in [0.2, 0.25) is 5.95 Å². The molecule has 5 nitrogen and oxygen atoms in total. The lowest BCUT2D eigenvalue weighted by Gasteiger charge is -2.05. The molecule has 1 heterocycles. The molecule has 18 heavy (non-hydrogen) atoms. The third-order valence-electron chi connectivity index (χ3n) is 2.22. The first-order valence-corrected chi connectivity index (χ1v) is 4.82. The summed E-state index contributed by atoms with van der Waals surface area (Å²) in [5, 5.41) is 2.16. The molecule has 0 radical (unpaired) electrons. The molecule has 1 aromatic heterocycles. The van der Waals surface area contributed by atoms with Crippen LogP contribution < -0.4 is 5.32 Å². The second-order valence-corrected chi connectivity index (χ2v) is 3.40. The van der Waals surface area contributed by atoms with Gasteiger partial charge >= 0.3 is 12.3 Å². The summed E-state index contributed by atoms with van der Waals surface area (Å²) >= 11 is 0. The number of para-hydroxylation sites is 1. The van der Waals surface area contributed by atoms with Gasteiger partial charge < -0.3 is 9.72 Å². The summed E-state index contributed by atoms with van der Waals surface area (Å²) in [4.78, 5) is 17.2. The van der Waals surface area contributed by atoms with Gasteiger partial charge in [0.05, 0.1) is 18.2 Å². The summed E-state index contributed by atoms with van der Waals surface area (Å²) in [6.07, 6.45) is -5.32. The maximum Gasteiger partial charge on any atom is 0.418 e. The smallest absolute Gasteiger partial charge is 0.418 e. The minimum atomic E-state index is -4.50. The van der Waals surface area contributed by atoms with Crippen LogP contribution in [0, 0.1) is 0 Å². The van der Waals surface area contributed by atoms with Gasteiger partial charge in [-0.1, -0.05) is 6.07 Å². The molecule has 2 aromatic rings. The fraction of sp³-hybridized carbons (Fsp3) is 0.200. The summed E-state index contributed by atoms with van der Waals surface area (Å²) in [5.74, 6) is -0.103. The average Bonchev–Trinajstić information content (AvgIpc) is 2.68. The number of benzene rings is 1. The Labute approximate surface area is 99.0 Å². The number of fused-ring (bicyclic) bond motifs is 1. The SMILES string of the molecule is COC(=O)Nc1nc2c(C(F)(F)F)cccc2[nH]1. The average molecular weight is 259 g/mol. The highest BCUT2D eigenvalue weighted by Gasteiger charge is 2.33. The largest absolute Gasteiger partial charge is 0.453 e. The van der Waals surface area contributed by atoms with Gasteiger partial charge in [0.15, 0.2) is 0 Å². The number of carbonyl (C=O) groups is 1. The van der Waals surface area contributed by atoms with E-state index in [2.05, 4.69) is 20.0 Å². The van der Waals surface area contributed by atoms with Crippen LogP contribution in [-0.2, 0) is 10.9 Å². The van der Waals surface area contributed by atoms with Crippen molar-refractivity contribution in [2.24, 2.45) is 0 Å². The molecule has 8 heteroatoms. The molecular formula is C10H8F3N3O2. The molecule has 1 amide bonds. The van der Waals surface area contributed by atoms with Crippen molar-refractivity contribution in [1.29, 1.82) is 0 Å². The zero-order valence-electron chi connectivity index (χ0n) is 9.13. The van der Waals surface area contributed by atoms with E-state index in [-0.39, 0.29) is 17.0 Å². The standard InChI is InChI=1S/C10H8F3N3O2/c1-18-9(17)16-8-14-6-4-2-3-5(7(6)15-8)10(11,12)13/h2-4H,1H3,(H2,14,15,16,17). The molecule has 0 saturated carbocycles. The van der Waals surface area contributed by atoms with Crippen LogP contribution in [0.5, 0.6) is 0 Å². The van der Waals surface area contributed by atoms with Crippen LogP contribution in [0.1, 0.15) is 5.56 Å². The van der Waals surface area contributed by atoms with Crippen molar-refractivity contribution in [1.82, 2.24) is 9.97 Å². The Balaban J connectivity index is 2.48. The lowest BCUT2D eigenvalue weighted by atomic mass is 10.2. The summed E-state index contributed by atoms with van der Waals surface area (Å²) in [6, 6.07) is 3.61. The van der Waals surface area contributed by atoms with Crippen molar-refractivity contribution in [3.8, 4) is 0 Å². The first-order chi connectivity index (χ1) is 8.41. The highest BCUT2D eigenvalue weighted by atomic mass is 19.4. The molecule has 0 fully saturated rings. The third kappa shape index (κ3) is 2.22. The number of methoxy groups -OCH3 is 1. The maximum absolute atomic E-state index is 12.7. The zero-order chi connectivity index (χ0) is 13.3. The van der Waals surface area contributed by atoms with Crippen LogP contribution in [0.15, 0.2) is 18.2 Å². The molecule has 0 unspecified atom stereocenters. The van der Waals surface area contributed by atoms with Crippen LogP contribution in [-0.4, -0.2) is 23.2 Å². The molecular weight excluding hydrogens is 251 g/mol. The van der Waals surface area contributed by atoms with Crippen molar-refractivity contribution >= 4 is 23.1 Å². The van der Waals surface area contributed by atoms with Crippen LogP contribution in [0.4, 0.5) is 23.9 Å². The van der Waals surface area contributed by atoms with Crippen LogP contribution in [0.25, 0.3) is 11.0 Å². The second kappa shape index (κ2) is 4.21. The molecule has 0 saturated heterocycles. The summed E-state index contributed by atoms with van der Waals surface area (Å²) in [6.45, 7) is 0. The lowest BCUT2D eigenvalue weighted by Crippen LogP contribution is -2.12. The van der Waals surface area contributed by atoms with Crippen LogP contribution >= 0.6 is 0 Å². The third-order valence-corrected chi connectivity index (χ3v) is 2.22. The van der Waals surface area contributed by atoms with Crippen LogP contribution in [0.2, 0.25) is 0 Å². The highest BCUT2D eigenvalue weighted by Crippen LogP contribution is 2.34. The number of hydrogen-bond donors (Lipinski definition) is 2. The normalized spacial score (nSPS) is 11.6. The van der Waals surface area contributed by atoms with Gasteiger partial charge in [-0.25, -0.2) is 9.78 Å². The quantitative estimate of drug-likeness (QED) is 0.827. The molecule has 1 aromatic carbocycles. The number of ether oxygens (including phenoxy) is 1. The Morgan fingerprint density at radius 3 is 2.78 bits per heavy atom. The molecule has 2 rings (SSSR count). The Hall–Kier alpha value is -2.25. The molecule has 0 aliphatic heterocycles. The van der Waals surface area contributed by atoms with E-state index in [1.54, 1.807) is 0 Å². The number of anilines is 1. The topological polar surface area (TPSA) is 67.0 Å². The number of nitrogens with one attached hydrogen (secondary N) is 2. The number of hydrogen-bond acceptors (Lipinski definition) is 3. The van der Waals surface area contributed by atoms with Gasteiger partial charge in [-0.2, -0.15) is 13.2 Å². The number of nitrogens with zero attached hydrogens (tertiary/aromatic N) is 1. The van der Waals surface area contributed by atoms with Crippen molar-refractivity contribution < 1.29 is 22.7 Å². The zero-order valence-corrected chi connectivity index (χ0v) is 9.13. The first-order valence-electron chi connectivity index (χ1n) is 4.82. The fourth-order valence-electron chi connectivity index (χ4n) is 1.47. The number of halogens is 3. The predicted octanol–water partition coefficient (Wildman–Crippen LogP) is 2.76. The summed E-state index contributed by atoms with van der Waals surface area (Å²) in [5.41, 5.74) is -0.943. The van der Waals surface area contributed by atoms with Gasteiger partial charge in [-0.05, 0) is 12.1 Å². The molecule has 0 aliphatic rings. The number of amides is 1. The minimum absolute atomic E-state index is 0.103. The summed E-state index contributed by atoms with van der Waals surface area (Å²) in [7, 11) is 1.14. The molecule has 0 aliphatic carbocycles. The molecule has 0 spiro atoms. The second-order valence-electron chi connectivity index (χ2n) is 3.40. The highest BCUT2D eigenvalue weighted by molar-refractivity contribution is 5.87. The van der Waals surface area contributed by atoms with E-state index in [0.717, 1.165) is 13.2 Å². The van der Waals surface area contributed by atoms with Gasteiger partial charge in [0.1, 0.15) is 5.52 Å². The van der Waals surface area contributed by atoms with E-state index >= 15 is 0 Å². The first kappa shape index (κ1) is 12.2. The number of aromatic amines is 1. The lowest BCUT2D eigenvalue weighted by molar-refractivity contribution is -0.136. The monoisotopic (exact) mass is 259 g/mol. The Kier molecular flexibility index (Phi) is 2.85. The minimum Gasteiger partial charge on any atom is -0.453 e. The Bertz CT molecular complexity index is 592. The van der Waals surface area contributed by atoms with Gasteiger partial charge in [-0.3, -0.25) is 5.32 Å². The van der Waals surface area contributed by atoms with Gasteiger partial charge in [-0.15, -0.1) is 0 Å². The Morgan fingerprint density at radius 2 is 2.17 bits per heavy atom. The van der Waals surface area contributed by atoms with E-state index in [0.29, 0.717) is 0 Å². The van der Waals surface area contributed by atoms with Crippen molar-refractivity contribution in [3.05, 3.63) is 23.8 Å². The number of alkyl halides is 3. The van der Waals surface area contributed by atoms with Crippen molar-refractivity contribution in [2.75, 3.05) is 12.4 Å². The van der Waals surface area contributed by atoms with E-state index in [1.807, 2.05) is 0 Å². The molecule has 0 bridgehead atoms.